The number of hydrogen-bond acceptors (Lipinski definition) is 3. The number of halogens is 3. The van der Waals surface area contributed by atoms with Crippen molar-refractivity contribution in [2.75, 3.05) is 13.4 Å². The lowest BCUT2D eigenvalue weighted by molar-refractivity contribution is -0.127. The Morgan fingerprint density at radius 2 is 2.06 bits per heavy atom. The van der Waals surface area contributed by atoms with Crippen molar-refractivity contribution in [3.05, 3.63) is 29.3 Å². The van der Waals surface area contributed by atoms with Crippen molar-refractivity contribution in [1.82, 2.24) is 0 Å². The van der Waals surface area contributed by atoms with Crippen LogP contribution in [0.25, 0.3) is 0 Å². The van der Waals surface area contributed by atoms with E-state index >= 15 is 0 Å². The highest BCUT2D eigenvalue weighted by Crippen LogP contribution is 2.26. The van der Waals surface area contributed by atoms with Crippen molar-refractivity contribution in [1.29, 1.82) is 0 Å². The standard InChI is InChI=1S/C11H11F3O2S/c1-16-10(15)9-5-8(17-2)4-3-7(9)6-11(12,13)14/h3-5H,6H2,1-2H3. The molecule has 0 atom stereocenters. The number of carbonyl (C=O) groups is 1. The van der Waals surface area contributed by atoms with E-state index in [4.69, 9.17) is 0 Å². The largest absolute Gasteiger partial charge is 0.465 e. The first-order chi connectivity index (χ1) is 7.87. The van der Waals surface area contributed by atoms with Gasteiger partial charge in [0.05, 0.1) is 19.1 Å². The molecule has 0 saturated carbocycles. The Morgan fingerprint density at radius 1 is 1.41 bits per heavy atom. The fourth-order valence-electron chi connectivity index (χ4n) is 1.35. The van der Waals surface area contributed by atoms with Gasteiger partial charge in [0.15, 0.2) is 0 Å². The predicted octanol–water partition coefficient (Wildman–Crippen LogP) is 3.30. The first kappa shape index (κ1) is 13.9. The Labute approximate surface area is 101 Å². The molecule has 0 saturated heterocycles. The summed E-state index contributed by atoms with van der Waals surface area (Å²) in [4.78, 5) is 12.1. The van der Waals surface area contributed by atoms with Gasteiger partial charge in [-0.1, -0.05) is 6.07 Å². The van der Waals surface area contributed by atoms with Crippen LogP contribution in [-0.4, -0.2) is 25.5 Å². The molecule has 0 aromatic heterocycles. The van der Waals surface area contributed by atoms with Crippen LogP contribution in [0.2, 0.25) is 0 Å². The number of rotatable bonds is 3. The Morgan fingerprint density at radius 3 is 2.53 bits per heavy atom. The second-order valence-electron chi connectivity index (χ2n) is 3.31. The van der Waals surface area contributed by atoms with Crippen LogP contribution >= 0.6 is 11.8 Å². The lowest BCUT2D eigenvalue weighted by Gasteiger charge is -2.11. The molecule has 0 unspecified atom stereocenters. The molecule has 94 valence electrons. The molecule has 0 N–H and O–H groups in total. The van der Waals surface area contributed by atoms with E-state index in [1.54, 1.807) is 12.3 Å². The SMILES string of the molecule is COC(=O)c1cc(SC)ccc1CC(F)(F)F. The minimum absolute atomic E-state index is 0.0309. The highest BCUT2D eigenvalue weighted by atomic mass is 32.2. The second-order valence-corrected chi connectivity index (χ2v) is 4.19. The number of carbonyl (C=O) groups excluding carboxylic acids is 1. The van der Waals surface area contributed by atoms with Gasteiger partial charge < -0.3 is 4.74 Å². The molecule has 0 fully saturated rings. The lowest BCUT2D eigenvalue weighted by Crippen LogP contribution is -2.15. The van der Waals surface area contributed by atoms with Crippen molar-refractivity contribution < 1.29 is 22.7 Å². The van der Waals surface area contributed by atoms with E-state index in [9.17, 15) is 18.0 Å². The molecule has 0 heterocycles. The zero-order chi connectivity index (χ0) is 13.1. The normalized spacial score (nSPS) is 11.4. The molecule has 2 nitrogen and oxygen atoms in total. The zero-order valence-corrected chi connectivity index (χ0v) is 10.1. The van der Waals surface area contributed by atoms with Gasteiger partial charge in [-0.2, -0.15) is 13.2 Å². The molecular weight excluding hydrogens is 253 g/mol. The van der Waals surface area contributed by atoms with Crippen LogP contribution in [0.3, 0.4) is 0 Å². The number of alkyl halides is 3. The molecule has 0 amide bonds. The van der Waals surface area contributed by atoms with Gasteiger partial charge in [0, 0.05) is 4.90 Å². The van der Waals surface area contributed by atoms with E-state index in [1.165, 1.54) is 23.9 Å². The summed E-state index contributed by atoms with van der Waals surface area (Å²) < 4.78 is 41.4. The summed E-state index contributed by atoms with van der Waals surface area (Å²) in [5, 5.41) is 0. The van der Waals surface area contributed by atoms with Gasteiger partial charge in [0.25, 0.3) is 0 Å². The smallest absolute Gasteiger partial charge is 0.393 e. The number of esters is 1. The maximum atomic E-state index is 12.3. The Balaban J connectivity index is 3.15. The van der Waals surface area contributed by atoms with E-state index in [-0.39, 0.29) is 11.1 Å². The van der Waals surface area contributed by atoms with Gasteiger partial charge >= 0.3 is 12.1 Å². The fraction of sp³-hybridized carbons (Fsp3) is 0.364. The molecule has 0 aliphatic carbocycles. The molecule has 1 aromatic rings. The van der Waals surface area contributed by atoms with Crippen LogP contribution in [0, 0.1) is 0 Å². The number of ether oxygens (including phenoxy) is 1. The van der Waals surface area contributed by atoms with Gasteiger partial charge in [-0.3, -0.25) is 0 Å². The van der Waals surface area contributed by atoms with Crippen LogP contribution in [0.15, 0.2) is 23.1 Å². The van der Waals surface area contributed by atoms with Gasteiger partial charge in [-0.15, -0.1) is 11.8 Å². The Kier molecular flexibility index (Phi) is 4.45. The predicted molar refractivity (Wildman–Crippen MR) is 59.3 cm³/mol. The number of benzene rings is 1. The summed E-state index contributed by atoms with van der Waals surface area (Å²) in [6.07, 6.45) is -3.70. The van der Waals surface area contributed by atoms with Crippen LogP contribution in [0.1, 0.15) is 15.9 Å². The average molecular weight is 264 g/mol. The quantitative estimate of drug-likeness (QED) is 0.619. The van der Waals surface area contributed by atoms with Crippen molar-refractivity contribution >= 4 is 17.7 Å². The Hall–Kier alpha value is -1.17. The Bertz CT molecular complexity index is 416. The van der Waals surface area contributed by atoms with Crippen LogP contribution in [-0.2, 0) is 11.2 Å². The van der Waals surface area contributed by atoms with Gasteiger partial charge in [-0.25, -0.2) is 4.79 Å². The van der Waals surface area contributed by atoms with Crippen LogP contribution in [0.5, 0.6) is 0 Å². The maximum Gasteiger partial charge on any atom is 0.393 e. The summed E-state index contributed by atoms with van der Waals surface area (Å²) in [7, 11) is 1.14. The third kappa shape index (κ3) is 3.96. The number of thioether (sulfide) groups is 1. The summed E-state index contributed by atoms with van der Waals surface area (Å²) in [5.74, 6) is -0.750. The zero-order valence-electron chi connectivity index (χ0n) is 9.30. The third-order valence-corrected chi connectivity index (χ3v) is 2.84. The third-order valence-electron chi connectivity index (χ3n) is 2.11. The highest BCUT2D eigenvalue weighted by Gasteiger charge is 2.30. The van der Waals surface area contributed by atoms with Gasteiger partial charge in [0.1, 0.15) is 0 Å². The number of methoxy groups -OCH3 is 1. The van der Waals surface area contributed by atoms with E-state index < -0.39 is 18.6 Å². The van der Waals surface area contributed by atoms with Gasteiger partial charge in [0.2, 0.25) is 0 Å². The van der Waals surface area contributed by atoms with E-state index in [2.05, 4.69) is 4.74 Å². The first-order valence-electron chi connectivity index (χ1n) is 4.69. The number of hydrogen-bond donors (Lipinski definition) is 0. The van der Waals surface area contributed by atoms with Crippen molar-refractivity contribution in [2.45, 2.75) is 17.5 Å². The molecule has 0 bridgehead atoms. The van der Waals surface area contributed by atoms with Gasteiger partial charge in [-0.05, 0) is 24.0 Å². The first-order valence-corrected chi connectivity index (χ1v) is 5.92. The highest BCUT2D eigenvalue weighted by molar-refractivity contribution is 7.98. The topological polar surface area (TPSA) is 26.3 Å². The van der Waals surface area contributed by atoms with Crippen molar-refractivity contribution in [2.24, 2.45) is 0 Å². The summed E-state index contributed by atoms with van der Waals surface area (Å²) in [5.41, 5.74) is -0.0983. The molecule has 0 spiro atoms. The average Bonchev–Trinajstić information content (AvgIpc) is 2.26. The van der Waals surface area contributed by atoms with Crippen molar-refractivity contribution in [3.8, 4) is 0 Å². The molecule has 6 heteroatoms. The monoisotopic (exact) mass is 264 g/mol. The van der Waals surface area contributed by atoms with Crippen LogP contribution in [0.4, 0.5) is 13.2 Å². The summed E-state index contributed by atoms with van der Waals surface area (Å²) in [6, 6.07) is 4.28. The summed E-state index contributed by atoms with van der Waals surface area (Å²) >= 11 is 1.35. The van der Waals surface area contributed by atoms with E-state index in [1.807, 2.05) is 0 Å². The molecular formula is C11H11F3O2S. The van der Waals surface area contributed by atoms with E-state index in [0.717, 1.165) is 12.0 Å². The van der Waals surface area contributed by atoms with E-state index in [0.29, 0.717) is 0 Å². The molecule has 1 rings (SSSR count). The fourth-order valence-corrected chi connectivity index (χ4v) is 1.79. The van der Waals surface area contributed by atoms with Crippen LogP contribution < -0.4 is 0 Å². The minimum Gasteiger partial charge on any atom is -0.465 e. The molecule has 17 heavy (non-hydrogen) atoms. The molecule has 1 aromatic carbocycles. The van der Waals surface area contributed by atoms with Crippen molar-refractivity contribution in [3.63, 3.8) is 0 Å². The maximum absolute atomic E-state index is 12.3. The molecule has 0 radical (unpaired) electrons. The molecule has 0 aliphatic heterocycles. The summed E-state index contributed by atoms with van der Waals surface area (Å²) in [6.45, 7) is 0. The molecule has 0 aliphatic rings. The minimum atomic E-state index is -4.34. The lowest BCUT2D eigenvalue weighted by atomic mass is 10.0. The second kappa shape index (κ2) is 5.44.